The molecule has 2 heteroatoms. The number of halogens is 1. The highest BCUT2D eigenvalue weighted by atomic mass is 19.1. The van der Waals surface area contributed by atoms with Crippen molar-refractivity contribution in [3.63, 3.8) is 0 Å². The maximum absolute atomic E-state index is 13.7. The fraction of sp³-hybridized carbons (Fsp3) is 0.0385. The first-order valence-corrected chi connectivity index (χ1v) is 9.35. The summed E-state index contributed by atoms with van der Waals surface area (Å²) >= 11 is 0. The highest BCUT2D eigenvalue weighted by molar-refractivity contribution is 6.14. The molecule has 134 valence electrons. The molecule has 0 unspecified atom stereocenters. The van der Waals surface area contributed by atoms with Crippen molar-refractivity contribution in [2.24, 2.45) is 0 Å². The summed E-state index contributed by atoms with van der Waals surface area (Å²) in [5, 5.41) is 4.66. The van der Waals surface area contributed by atoms with Crippen molar-refractivity contribution in [1.82, 2.24) is 4.98 Å². The van der Waals surface area contributed by atoms with Crippen LogP contribution < -0.4 is 0 Å². The molecule has 0 bridgehead atoms. The van der Waals surface area contributed by atoms with Crippen molar-refractivity contribution in [3.05, 3.63) is 103 Å². The van der Waals surface area contributed by atoms with Gasteiger partial charge in [-0.2, -0.15) is 0 Å². The van der Waals surface area contributed by atoms with Gasteiger partial charge in [0.05, 0.1) is 5.69 Å². The lowest BCUT2D eigenvalue weighted by Crippen LogP contribution is -1.95. The third-order valence-corrected chi connectivity index (χ3v) is 5.31. The van der Waals surface area contributed by atoms with Crippen LogP contribution in [0.25, 0.3) is 43.9 Å². The molecule has 5 rings (SSSR count). The number of rotatable bonds is 2. The SMILES string of the molecule is Cc1cc(F)ccc1-c1ncc2c(ccc3ccccc32)c1-c1ccccc1. The van der Waals surface area contributed by atoms with Crippen LogP contribution in [0, 0.1) is 12.7 Å². The van der Waals surface area contributed by atoms with E-state index in [1.165, 1.54) is 16.8 Å². The van der Waals surface area contributed by atoms with E-state index in [9.17, 15) is 4.39 Å². The van der Waals surface area contributed by atoms with Gasteiger partial charge < -0.3 is 0 Å². The second kappa shape index (κ2) is 6.58. The molecular formula is C26H18FN. The molecule has 0 N–H and O–H groups in total. The van der Waals surface area contributed by atoms with Crippen LogP contribution in [0.15, 0.2) is 91.1 Å². The second-order valence-electron chi connectivity index (χ2n) is 7.06. The van der Waals surface area contributed by atoms with Gasteiger partial charge in [-0.15, -0.1) is 0 Å². The molecule has 1 nitrogen and oxygen atoms in total. The molecule has 0 aliphatic rings. The Morgan fingerprint density at radius 3 is 2.32 bits per heavy atom. The van der Waals surface area contributed by atoms with Gasteiger partial charge in [-0.25, -0.2) is 4.39 Å². The summed E-state index contributed by atoms with van der Waals surface area (Å²) in [7, 11) is 0. The minimum Gasteiger partial charge on any atom is -0.255 e. The van der Waals surface area contributed by atoms with Gasteiger partial charge >= 0.3 is 0 Å². The lowest BCUT2D eigenvalue weighted by atomic mass is 9.91. The molecule has 28 heavy (non-hydrogen) atoms. The molecule has 1 heterocycles. The van der Waals surface area contributed by atoms with Gasteiger partial charge in [0.1, 0.15) is 5.82 Å². The Morgan fingerprint density at radius 2 is 1.50 bits per heavy atom. The van der Waals surface area contributed by atoms with E-state index >= 15 is 0 Å². The van der Waals surface area contributed by atoms with Gasteiger partial charge in [0.15, 0.2) is 0 Å². The zero-order valence-corrected chi connectivity index (χ0v) is 15.5. The molecule has 0 spiro atoms. The number of aryl methyl sites for hydroxylation is 1. The molecule has 0 aliphatic heterocycles. The molecule has 5 aromatic rings. The summed E-state index contributed by atoms with van der Waals surface area (Å²) in [6.07, 6.45) is 1.95. The van der Waals surface area contributed by atoms with Crippen molar-refractivity contribution >= 4 is 21.5 Å². The monoisotopic (exact) mass is 363 g/mol. The second-order valence-corrected chi connectivity index (χ2v) is 7.06. The van der Waals surface area contributed by atoms with Crippen molar-refractivity contribution in [2.45, 2.75) is 6.92 Å². The van der Waals surface area contributed by atoms with Gasteiger partial charge in [0.25, 0.3) is 0 Å². The molecule has 0 radical (unpaired) electrons. The van der Waals surface area contributed by atoms with E-state index in [1.54, 1.807) is 6.07 Å². The number of hydrogen-bond acceptors (Lipinski definition) is 1. The summed E-state index contributed by atoms with van der Waals surface area (Å²) < 4.78 is 13.7. The zero-order valence-electron chi connectivity index (χ0n) is 15.5. The Hall–Kier alpha value is -3.52. The minimum absolute atomic E-state index is 0.228. The highest BCUT2D eigenvalue weighted by Gasteiger charge is 2.16. The summed E-state index contributed by atoms with van der Waals surface area (Å²) in [5.74, 6) is -0.228. The predicted molar refractivity (Wildman–Crippen MR) is 115 cm³/mol. The standard InChI is InChI=1S/C26H18FN/c1-17-15-20(27)12-14-21(17)26-25(19-8-3-2-4-9-19)23-13-11-18-7-5-6-10-22(18)24(23)16-28-26/h2-16H,1H3. The predicted octanol–water partition coefficient (Wildman–Crippen LogP) is 7.17. The molecule has 0 saturated carbocycles. The van der Waals surface area contributed by atoms with Gasteiger partial charge in [0.2, 0.25) is 0 Å². The van der Waals surface area contributed by atoms with E-state index in [0.29, 0.717) is 0 Å². The Kier molecular flexibility index (Phi) is 3.91. The smallest absolute Gasteiger partial charge is 0.123 e. The molecule has 0 fully saturated rings. The molecule has 0 amide bonds. The number of nitrogens with zero attached hydrogens (tertiary/aromatic N) is 1. The molecular weight excluding hydrogens is 345 g/mol. The third kappa shape index (κ3) is 2.66. The van der Waals surface area contributed by atoms with Crippen LogP contribution in [0.2, 0.25) is 0 Å². The van der Waals surface area contributed by atoms with Crippen LogP contribution in [-0.2, 0) is 0 Å². The summed E-state index contributed by atoms with van der Waals surface area (Å²) in [4.78, 5) is 4.87. The zero-order chi connectivity index (χ0) is 19.1. The van der Waals surface area contributed by atoms with Gasteiger partial charge in [-0.3, -0.25) is 4.98 Å². The van der Waals surface area contributed by atoms with Crippen molar-refractivity contribution in [3.8, 4) is 22.4 Å². The minimum atomic E-state index is -0.228. The van der Waals surface area contributed by atoms with Crippen LogP contribution in [0.1, 0.15) is 5.56 Å². The first-order chi connectivity index (χ1) is 13.7. The average Bonchev–Trinajstić information content (AvgIpc) is 2.73. The van der Waals surface area contributed by atoms with E-state index in [1.807, 2.05) is 37.4 Å². The Labute approximate surface area is 163 Å². The number of benzene rings is 4. The summed E-state index contributed by atoms with van der Waals surface area (Å²) in [5.41, 5.74) is 4.90. The maximum Gasteiger partial charge on any atom is 0.123 e. The van der Waals surface area contributed by atoms with Gasteiger partial charge in [-0.05, 0) is 52.4 Å². The summed E-state index contributed by atoms with van der Waals surface area (Å²) in [6.45, 7) is 1.93. The first-order valence-electron chi connectivity index (χ1n) is 9.35. The topological polar surface area (TPSA) is 12.9 Å². The molecule has 0 atom stereocenters. The molecule has 1 aromatic heterocycles. The lowest BCUT2D eigenvalue weighted by Gasteiger charge is -2.16. The largest absolute Gasteiger partial charge is 0.255 e. The fourth-order valence-electron chi connectivity index (χ4n) is 3.97. The molecule has 0 saturated heterocycles. The van der Waals surface area contributed by atoms with E-state index in [2.05, 4.69) is 48.5 Å². The van der Waals surface area contributed by atoms with Crippen LogP contribution >= 0.6 is 0 Å². The van der Waals surface area contributed by atoms with E-state index in [-0.39, 0.29) is 5.82 Å². The Bertz CT molecular complexity index is 1320. The van der Waals surface area contributed by atoms with E-state index in [4.69, 9.17) is 4.98 Å². The van der Waals surface area contributed by atoms with Crippen LogP contribution in [0.4, 0.5) is 4.39 Å². The van der Waals surface area contributed by atoms with Crippen LogP contribution in [0.3, 0.4) is 0 Å². The normalized spacial score (nSPS) is 11.2. The lowest BCUT2D eigenvalue weighted by molar-refractivity contribution is 0.627. The van der Waals surface area contributed by atoms with Crippen LogP contribution in [0.5, 0.6) is 0 Å². The quantitative estimate of drug-likeness (QED) is 0.303. The highest BCUT2D eigenvalue weighted by Crippen LogP contribution is 2.39. The van der Waals surface area contributed by atoms with Gasteiger partial charge in [0, 0.05) is 22.7 Å². The van der Waals surface area contributed by atoms with E-state index < -0.39 is 0 Å². The number of hydrogen-bond donors (Lipinski definition) is 0. The average molecular weight is 363 g/mol. The van der Waals surface area contributed by atoms with E-state index in [0.717, 1.165) is 38.7 Å². The number of aromatic nitrogens is 1. The molecule has 0 aliphatic carbocycles. The fourth-order valence-corrected chi connectivity index (χ4v) is 3.97. The van der Waals surface area contributed by atoms with Crippen molar-refractivity contribution in [1.29, 1.82) is 0 Å². The van der Waals surface area contributed by atoms with Crippen LogP contribution in [-0.4, -0.2) is 4.98 Å². The number of pyridine rings is 1. The third-order valence-electron chi connectivity index (χ3n) is 5.31. The summed E-state index contributed by atoms with van der Waals surface area (Å²) in [6, 6.07) is 27.9. The Morgan fingerprint density at radius 1 is 0.714 bits per heavy atom. The first kappa shape index (κ1) is 16.6. The van der Waals surface area contributed by atoms with Crippen molar-refractivity contribution in [2.75, 3.05) is 0 Å². The molecule has 4 aromatic carbocycles. The number of fused-ring (bicyclic) bond motifs is 3. The van der Waals surface area contributed by atoms with Crippen molar-refractivity contribution < 1.29 is 4.39 Å². The maximum atomic E-state index is 13.7. The van der Waals surface area contributed by atoms with Gasteiger partial charge in [-0.1, -0.05) is 66.7 Å². The Balaban J connectivity index is 1.92.